The van der Waals surface area contributed by atoms with Crippen LogP contribution in [0.1, 0.15) is 47.1 Å². The Morgan fingerprint density at radius 3 is 2.27 bits per heavy atom. The Hall–Kier alpha value is -1.80. The van der Waals surface area contributed by atoms with Crippen molar-refractivity contribution in [3.8, 4) is 11.5 Å². The van der Waals surface area contributed by atoms with Crippen LogP contribution in [-0.4, -0.2) is 18.0 Å². The van der Waals surface area contributed by atoms with Gasteiger partial charge in [0, 0.05) is 0 Å². The lowest BCUT2D eigenvalue weighted by molar-refractivity contribution is -0.579. The third kappa shape index (κ3) is 2.63. The molecule has 0 atom stereocenters. The summed E-state index contributed by atoms with van der Waals surface area (Å²) in [5.74, 6) is 3.36. The summed E-state index contributed by atoms with van der Waals surface area (Å²) >= 11 is 0. The van der Waals surface area contributed by atoms with E-state index < -0.39 is 8.07 Å². The fourth-order valence-corrected chi connectivity index (χ4v) is 8.87. The molecular weight excluding hydrogens is 290 g/mol. The van der Waals surface area contributed by atoms with Gasteiger partial charge in [-0.15, -0.1) is 5.54 Å². The zero-order valence-electron chi connectivity index (χ0n) is 14.3. The molecule has 1 N–H and O–H groups in total. The van der Waals surface area contributed by atoms with Gasteiger partial charge in [0.15, 0.2) is 11.8 Å². The van der Waals surface area contributed by atoms with E-state index in [0.717, 1.165) is 10.3 Å². The lowest BCUT2D eigenvalue weighted by Gasteiger charge is -2.38. The summed E-state index contributed by atoms with van der Waals surface area (Å²) in [6.45, 7) is 13.8. The van der Waals surface area contributed by atoms with Crippen molar-refractivity contribution in [1.82, 2.24) is 9.97 Å². The minimum Gasteiger partial charge on any atom is -0.711 e. The van der Waals surface area contributed by atoms with Gasteiger partial charge in [-0.1, -0.05) is 47.5 Å². The monoisotopic (exact) mass is 315 g/mol. The minimum absolute atomic E-state index is 0.470. The van der Waals surface area contributed by atoms with Crippen LogP contribution in [0.4, 0.5) is 0 Å². The van der Waals surface area contributed by atoms with Crippen LogP contribution in [0.15, 0.2) is 18.6 Å². The maximum absolute atomic E-state index is 11.7. The van der Waals surface area contributed by atoms with Gasteiger partial charge in [0.25, 0.3) is 0 Å². The smallest absolute Gasteiger partial charge is 0.311 e. The number of nitrogens with zero attached hydrogens (tertiary/aromatic N) is 2. The Balaban J connectivity index is 2.58. The molecule has 2 aromatic rings. The second-order valence-corrected chi connectivity index (χ2v) is 12.4. The van der Waals surface area contributed by atoms with Crippen molar-refractivity contribution in [3.05, 3.63) is 29.4 Å². The van der Waals surface area contributed by atoms with Gasteiger partial charge >= 0.3 is 5.65 Å². The van der Waals surface area contributed by atoms with Crippen LogP contribution in [0.5, 0.6) is 0 Å². The Morgan fingerprint density at radius 1 is 1.14 bits per heavy atom. The highest BCUT2D eigenvalue weighted by molar-refractivity contribution is 6.90. The number of aromatic nitrogens is 3. The average molecular weight is 315 g/mol. The van der Waals surface area contributed by atoms with Crippen molar-refractivity contribution in [2.75, 3.05) is 0 Å². The molecule has 0 radical (unpaired) electrons. The molecule has 0 bridgehead atoms. The van der Waals surface area contributed by atoms with Gasteiger partial charge in [-0.25, -0.2) is 14.7 Å². The number of aromatic amines is 1. The summed E-state index contributed by atoms with van der Waals surface area (Å²) in [6, 6.07) is 1.77. The maximum atomic E-state index is 11.7. The summed E-state index contributed by atoms with van der Waals surface area (Å²) in [6.07, 6.45) is 3.04. The molecule has 0 saturated carbocycles. The number of hydrogen-bond donors (Lipinski definition) is 1. The minimum atomic E-state index is -1.77. The summed E-state index contributed by atoms with van der Waals surface area (Å²) in [5, 5.41) is 11.7. The van der Waals surface area contributed by atoms with Crippen LogP contribution < -0.4 is 4.73 Å². The zero-order chi connectivity index (χ0) is 16.5. The number of fused-ring (bicyclic) bond motifs is 1. The maximum Gasteiger partial charge on any atom is 0.311 e. The first kappa shape index (κ1) is 16.6. The summed E-state index contributed by atoms with van der Waals surface area (Å²) in [4.78, 5) is 7.13. The molecule has 22 heavy (non-hydrogen) atoms. The fraction of sp³-hybridized carbons (Fsp3) is 0.529. The highest BCUT2D eigenvalue weighted by Gasteiger charge is 2.41. The lowest BCUT2D eigenvalue weighted by Crippen LogP contribution is -2.43. The van der Waals surface area contributed by atoms with Gasteiger partial charge in [-0.2, -0.15) is 0 Å². The van der Waals surface area contributed by atoms with Crippen molar-refractivity contribution >= 4 is 19.2 Å². The summed E-state index contributed by atoms with van der Waals surface area (Å²) in [5.41, 5.74) is 7.39. The number of hydrogen-bond acceptors (Lipinski definition) is 2. The van der Waals surface area contributed by atoms with Gasteiger partial charge in [0.2, 0.25) is 0 Å². The molecule has 2 heterocycles. The molecule has 0 spiro atoms. The van der Waals surface area contributed by atoms with E-state index in [1.54, 1.807) is 12.4 Å². The molecule has 5 heteroatoms. The third-order valence-corrected chi connectivity index (χ3v) is 11.0. The summed E-state index contributed by atoms with van der Waals surface area (Å²) < 4.78 is 0.797. The highest BCUT2D eigenvalue weighted by Crippen LogP contribution is 2.40. The molecular formula is C17H25N3OSi. The van der Waals surface area contributed by atoms with Gasteiger partial charge in [0.05, 0.1) is 11.8 Å². The molecule has 0 aliphatic heterocycles. The third-order valence-electron chi connectivity index (χ3n) is 4.75. The van der Waals surface area contributed by atoms with E-state index in [1.807, 2.05) is 0 Å². The fourth-order valence-electron chi connectivity index (χ4n) is 3.66. The van der Waals surface area contributed by atoms with Crippen molar-refractivity contribution in [3.63, 3.8) is 0 Å². The van der Waals surface area contributed by atoms with E-state index in [0.29, 0.717) is 27.8 Å². The molecule has 2 rings (SSSR count). The Morgan fingerprint density at radius 2 is 1.73 bits per heavy atom. The standard InChI is InChI=1S/C17H25N3OSi/c1-12(2)22(13(3)4,14(5)6)10-8-15-7-9-20(21)17-16(15)18-11-19-17/h7,9,11-14H,1-6H3,(H,18,19). The van der Waals surface area contributed by atoms with Crippen LogP contribution in [0, 0.1) is 16.7 Å². The number of H-pyrrole nitrogens is 1. The van der Waals surface area contributed by atoms with Crippen LogP contribution >= 0.6 is 0 Å². The van der Waals surface area contributed by atoms with E-state index in [4.69, 9.17) is 0 Å². The van der Waals surface area contributed by atoms with Gasteiger partial charge in [0.1, 0.15) is 8.07 Å². The Labute approximate surface area is 133 Å². The summed E-state index contributed by atoms with van der Waals surface area (Å²) in [7, 11) is -1.77. The van der Waals surface area contributed by atoms with E-state index >= 15 is 0 Å². The molecule has 0 aliphatic carbocycles. The van der Waals surface area contributed by atoms with Crippen LogP contribution in [0.2, 0.25) is 16.6 Å². The van der Waals surface area contributed by atoms with Crippen LogP contribution in [0.25, 0.3) is 11.2 Å². The van der Waals surface area contributed by atoms with Crippen molar-refractivity contribution in [2.24, 2.45) is 0 Å². The number of imidazole rings is 1. The van der Waals surface area contributed by atoms with Crippen molar-refractivity contribution < 1.29 is 4.73 Å². The first-order valence-electron chi connectivity index (χ1n) is 7.89. The second kappa shape index (κ2) is 6.13. The second-order valence-electron chi connectivity index (χ2n) is 6.80. The molecule has 0 aromatic carbocycles. The van der Waals surface area contributed by atoms with Gasteiger partial charge in [-0.05, 0) is 22.7 Å². The highest BCUT2D eigenvalue weighted by atomic mass is 28.3. The lowest BCUT2D eigenvalue weighted by atomic mass is 10.2. The van der Waals surface area contributed by atoms with Crippen LogP contribution in [-0.2, 0) is 0 Å². The van der Waals surface area contributed by atoms with E-state index in [-0.39, 0.29) is 0 Å². The normalized spacial score (nSPS) is 12.2. The van der Waals surface area contributed by atoms with E-state index in [9.17, 15) is 5.21 Å². The molecule has 0 aliphatic rings. The number of nitrogens with one attached hydrogen (secondary N) is 1. The topological polar surface area (TPSA) is 55.6 Å². The zero-order valence-corrected chi connectivity index (χ0v) is 15.3. The molecule has 4 nitrogen and oxygen atoms in total. The van der Waals surface area contributed by atoms with E-state index in [1.165, 1.54) is 6.20 Å². The van der Waals surface area contributed by atoms with Gasteiger partial charge < -0.3 is 5.21 Å². The van der Waals surface area contributed by atoms with Crippen molar-refractivity contribution in [1.29, 1.82) is 0 Å². The van der Waals surface area contributed by atoms with Crippen LogP contribution in [0.3, 0.4) is 0 Å². The molecule has 118 valence electrons. The predicted molar refractivity (Wildman–Crippen MR) is 93.0 cm³/mol. The molecule has 0 fully saturated rings. The molecule has 2 aromatic heterocycles. The first-order valence-corrected chi connectivity index (χ1v) is 10.1. The molecule has 0 unspecified atom stereocenters. The molecule has 0 amide bonds. The number of pyridine rings is 1. The number of rotatable bonds is 3. The largest absolute Gasteiger partial charge is 0.711 e. The van der Waals surface area contributed by atoms with Crippen molar-refractivity contribution in [2.45, 2.75) is 58.2 Å². The SMILES string of the molecule is CC(C)[Si](C#Cc1cc[n+]([O-])c2[nH]cnc12)(C(C)C)C(C)C. The molecule has 0 saturated heterocycles. The quantitative estimate of drug-likeness (QED) is 0.406. The van der Waals surface area contributed by atoms with E-state index in [2.05, 4.69) is 63.0 Å². The predicted octanol–water partition coefficient (Wildman–Crippen LogP) is 3.77. The Bertz CT molecular complexity index is 701. The first-order chi connectivity index (χ1) is 10.3. The van der Waals surface area contributed by atoms with Gasteiger partial charge in [-0.3, -0.25) is 0 Å². The average Bonchev–Trinajstić information content (AvgIpc) is 2.90. The Kier molecular flexibility index (Phi) is 4.62.